The quantitative estimate of drug-likeness (QED) is 0.233. The average molecular weight is 593 g/mol. The predicted molar refractivity (Wildman–Crippen MR) is 141 cm³/mol. The van der Waals surface area contributed by atoms with E-state index in [1.165, 1.54) is 6.07 Å². The summed E-state index contributed by atoms with van der Waals surface area (Å²) in [5.41, 5.74) is 0.943. The number of carbonyl (C=O) groups is 1. The molecule has 2 aromatic heterocycles. The number of aryl methyl sites for hydroxylation is 1. The van der Waals surface area contributed by atoms with Gasteiger partial charge in [-0.05, 0) is 56.3 Å². The minimum atomic E-state index is -3.12. The number of carboxylic acid groups (broad SMARTS) is 1. The number of likely N-dealkylation sites (tertiary alicyclic amines) is 1. The van der Waals surface area contributed by atoms with Crippen molar-refractivity contribution in [1.82, 2.24) is 19.4 Å². The van der Waals surface area contributed by atoms with Crippen molar-refractivity contribution in [2.24, 2.45) is 7.05 Å². The van der Waals surface area contributed by atoms with Crippen molar-refractivity contribution in [2.75, 3.05) is 13.1 Å². The Balaban J connectivity index is 1.24. The molecule has 1 saturated heterocycles. The van der Waals surface area contributed by atoms with Crippen LogP contribution in [-0.4, -0.2) is 50.2 Å². The van der Waals surface area contributed by atoms with Crippen LogP contribution in [0.2, 0.25) is 5.02 Å². The predicted octanol–water partition coefficient (Wildman–Crippen LogP) is 6.16. The molecule has 0 aliphatic carbocycles. The monoisotopic (exact) mass is 592 g/mol. The average Bonchev–Trinajstić information content (AvgIpc) is 3.23. The fourth-order valence-electron chi connectivity index (χ4n) is 4.94. The van der Waals surface area contributed by atoms with E-state index in [4.69, 9.17) is 16.3 Å². The van der Waals surface area contributed by atoms with E-state index in [0.717, 1.165) is 36.7 Å². The van der Waals surface area contributed by atoms with E-state index in [-0.39, 0.29) is 45.8 Å². The molecule has 4 aromatic rings. The van der Waals surface area contributed by atoms with Crippen molar-refractivity contribution < 1.29 is 36.9 Å². The van der Waals surface area contributed by atoms with E-state index >= 15 is 0 Å². The third-order valence-electron chi connectivity index (χ3n) is 7.09. The van der Waals surface area contributed by atoms with E-state index in [2.05, 4.69) is 19.6 Å². The number of aromatic carboxylic acids is 1. The Morgan fingerprint density at radius 3 is 2.49 bits per heavy atom. The molecule has 1 aliphatic rings. The van der Waals surface area contributed by atoms with Crippen LogP contribution < -0.4 is 9.47 Å². The number of ether oxygens (including phenoxy) is 2. The number of alkyl halides is 2. The minimum absolute atomic E-state index is 0.0377. The molecule has 0 bridgehead atoms. The summed E-state index contributed by atoms with van der Waals surface area (Å²) in [6.07, 6.45) is 1.54. The van der Waals surface area contributed by atoms with Crippen LogP contribution in [0.25, 0.3) is 11.0 Å². The number of nitrogens with zero attached hydrogens (tertiary/aromatic N) is 4. The number of carboxylic acids is 1. The zero-order chi connectivity index (χ0) is 29.3. The van der Waals surface area contributed by atoms with Crippen LogP contribution in [0.4, 0.5) is 17.6 Å². The molecule has 1 N–H and O–H groups in total. The fraction of sp³-hybridized carbons (Fsp3) is 0.321. The lowest BCUT2D eigenvalue weighted by Gasteiger charge is -2.31. The Bertz CT molecular complexity index is 1570. The first-order chi connectivity index (χ1) is 19.6. The Morgan fingerprint density at radius 2 is 1.83 bits per heavy atom. The van der Waals surface area contributed by atoms with Gasteiger partial charge in [0, 0.05) is 29.7 Å². The molecule has 0 amide bonds. The number of rotatable bonds is 9. The summed E-state index contributed by atoms with van der Waals surface area (Å²) < 4.78 is 65.9. The lowest BCUT2D eigenvalue weighted by Crippen LogP contribution is -2.33. The number of halogens is 5. The number of fused-ring (bicyclic) bond motifs is 1. The lowest BCUT2D eigenvalue weighted by atomic mass is 9.93. The molecule has 0 spiro atoms. The van der Waals surface area contributed by atoms with Gasteiger partial charge in [0.25, 0.3) is 0 Å². The molecule has 13 heteroatoms. The standard InChI is InChI=1S/C28H25ClF4N4O4/c1-36-22-9-16(27(38)39)10-23(41-28(32)33)26(22)35-24(36)13-37-7-5-15(6-8-37)21-3-2-4-25(34-21)40-14-18-19(30)11-17(29)12-20(18)31/h2-4,9-12,15,28H,5-8,13-14H2,1H3,(H,38,39). The summed E-state index contributed by atoms with van der Waals surface area (Å²) in [6.45, 7) is -1.64. The van der Waals surface area contributed by atoms with Crippen LogP contribution in [0.3, 0.4) is 0 Å². The molecule has 8 nitrogen and oxygen atoms in total. The number of imidazole rings is 1. The molecule has 1 aliphatic heterocycles. The highest BCUT2D eigenvalue weighted by molar-refractivity contribution is 6.30. The maximum absolute atomic E-state index is 14.1. The zero-order valence-corrected chi connectivity index (χ0v) is 22.5. The second kappa shape index (κ2) is 11.9. The van der Waals surface area contributed by atoms with Gasteiger partial charge >= 0.3 is 12.6 Å². The van der Waals surface area contributed by atoms with Crippen LogP contribution in [0, 0.1) is 11.6 Å². The maximum Gasteiger partial charge on any atom is 0.387 e. The van der Waals surface area contributed by atoms with Crippen molar-refractivity contribution in [2.45, 2.75) is 38.5 Å². The summed E-state index contributed by atoms with van der Waals surface area (Å²) in [5.74, 6) is -2.17. The summed E-state index contributed by atoms with van der Waals surface area (Å²) in [5, 5.41) is 9.34. The first-order valence-corrected chi connectivity index (χ1v) is 13.1. The SMILES string of the molecule is Cn1c(CN2CCC(c3cccc(OCc4c(F)cc(Cl)cc4F)n3)CC2)nc2c(OC(F)F)cc(C(=O)O)cc21. The summed E-state index contributed by atoms with van der Waals surface area (Å²) in [6, 6.07) is 9.77. The van der Waals surface area contributed by atoms with Crippen molar-refractivity contribution in [3.63, 3.8) is 0 Å². The Kier molecular flexibility index (Phi) is 8.32. The van der Waals surface area contributed by atoms with E-state index in [9.17, 15) is 27.5 Å². The third kappa shape index (κ3) is 6.38. The number of hydrogen-bond donors (Lipinski definition) is 1. The van der Waals surface area contributed by atoms with E-state index < -0.39 is 24.2 Å². The van der Waals surface area contributed by atoms with Gasteiger partial charge in [-0.3, -0.25) is 4.90 Å². The van der Waals surface area contributed by atoms with Gasteiger partial charge in [-0.25, -0.2) is 23.5 Å². The van der Waals surface area contributed by atoms with Gasteiger partial charge in [0.15, 0.2) is 5.75 Å². The van der Waals surface area contributed by atoms with Crippen molar-refractivity contribution in [3.05, 3.63) is 81.8 Å². The summed E-state index contributed by atoms with van der Waals surface area (Å²) in [4.78, 5) is 22.7. The molecule has 0 radical (unpaired) electrons. The second-order valence-corrected chi connectivity index (χ2v) is 10.1. The van der Waals surface area contributed by atoms with E-state index in [0.29, 0.717) is 31.0 Å². The van der Waals surface area contributed by atoms with Gasteiger partial charge in [-0.15, -0.1) is 0 Å². The first kappa shape index (κ1) is 28.6. The highest BCUT2D eigenvalue weighted by Gasteiger charge is 2.25. The van der Waals surface area contributed by atoms with Crippen LogP contribution in [-0.2, 0) is 20.2 Å². The molecule has 0 unspecified atom stereocenters. The molecule has 2 aromatic carbocycles. The number of hydrogen-bond acceptors (Lipinski definition) is 6. The summed E-state index contributed by atoms with van der Waals surface area (Å²) >= 11 is 5.68. The topological polar surface area (TPSA) is 89.7 Å². The number of piperidine rings is 1. The molecule has 216 valence electrons. The van der Waals surface area contributed by atoms with Gasteiger partial charge in [0.2, 0.25) is 5.88 Å². The van der Waals surface area contributed by atoms with Crippen LogP contribution >= 0.6 is 11.6 Å². The van der Waals surface area contributed by atoms with Gasteiger partial charge in [-0.1, -0.05) is 17.7 Å². The molecule has 1 fully saturated rings. The molecule has 41 heavy (non-hydrogen) atoms. The molecule has 3 heterocycles. The lowest BCUT2D eigenvalue weighted by molar-refractivity contribution is -0.0489. The van der Waals surface area contributed by atoms with Gasteiger partial charge in [-0.2, -0.15) is 8.78 Å². The van der Waals surface area contributed by atoms with Crippen LogP contribution in [0.5, 0.6) is 11.6 Å². The highest BCUT2D eigenvalue weighted by Crippen LogP contribution is 2.32. The Morgan fingerprint density at radius 1 is 1.12 bits per heavy atom. The Hall–Kier alpha value is -3.90. The largest absolute Gasteiger partial charge is 0.478 e. The van der Waals surface area contributed by atoms with Gasteiger partial charge < -0.3 is 19.1 Å². The third-order valence-corrected chi connectivity index (χ3v) is 7.31. The van der Waals surface area contributed by atoms with Gasteiger partial charge in [0.1, 0.15) is 29.6 Å². The van der Waals surface area contributed by atoms with Gasteiger partial charge in [0.05, 0.1) is 23.2 Å². The van der Waals surface area contributed by atoms with E-state index in [1.807, 2.05) is 6.07 Å². The molecular formula is C28H25ClF4N4O4. The normalized spacial score (nSPS) is 14.6. The molecule has 0 atom stereocenters. The van der Waals surface area contributed by atoms with E-state index in [1.54, 1.807) is 23.7 Å². The molecule has 5 rings (SSSR count). The fourth-order valence-corrected chi connectivity index (χ4v) is 5.13. The van der Waals surface area contributed by atoms with Crippen LogP contribution in [0.15, 0.2) is 42.5 Å². The minimum Gasteiger partial charge on any atom is -0.478 e. The second-order valence-electron chi connectivity index (χ2n) is 9.70. The maximum atomic E-state index is 14.1. The Labute approximate surface area is 237 Å². The van der Waals surface area contributed by atoms with Crippen molar-refractivity contribution in [3.8, 4) is 11.6 Å². The smallest absolute Gasteiger partial charge is 0.387 e. The zero-order valence-electron chi connectivity index (χ0n) is 21.8. The first-order valence-electron chi connectivity index (χ1n) is 12.7. The van der Waals surface area contributed by atoms with Crippen molar-refractivity contribution in [1.29, 1.82) is 0 Å². The molecule has 0 saturated carbocycles. The summed E-state index contributed by atoms with van der Waals surface area (Å²) in [7, 11) is 1.70. The van der Waals surface area contributed by atoms with Crippen LogP contribution in [0.1, 0.15) is 46.2 Å². The molecular weight excluding hydrogens is 568 g/mol. The number of aromatic nitrogens is 3. The number of benzene rings is 2. The van der Waals surface area contributed by atoms with Crippen molar-refractivity contribution >= 4 is 28.6 Å². The number of pyridine rings is 1. The highest BCUT2D eigenvalue weighted by atomic mass is 35.5.